The molecule has 0 atom stereocenters. The predicted molar refractivity (Wildman–Crippen MR) is 64.8 cm³/mol. The van der Waals surface area contributed by atoms with Gasteiger partial charge in [-0.05, 0) is 18.1 Å². The molecule has 0 saturated heterocycles. The van der Waals surface area contributed by atoms with E-state index in [1.165, 1.54) is 12.1 Å². The minimum atomic E-state index is -1.09. The number of halogens is 1. The number of aliphatic carboxylic acids is 1. The molecular formula is C13H11FN2O3. The Morgan fingerprint density at radius 1 is 1.32 bits per heavy atom. The van der Waals surface area contributed by atoms with Gasteiger partial charge in [0.05, 0.1) is 0 Å². The van der Waals surface area contributed by atoms with E-state index >= 15 is 0 Å². The van der Waals surface area contributed by atoms with Crippen LogP contribution in [0.3, 0.4) is 0 Å². The topological polar surface area (TPSA) is 76.2 Å². The number of hydrogen-bond donors (Lipinski definition) is 1. The van der Waals surface area contributed by atoms with Crippen LogP contribution in [0.4, 0.5) is 4.39 Å². The van der Waals surface area contributed by atoms with Crippen LogP contribution in [0, 0.1) is 5.82 Å². The van der Waals surface area contributed by atoms with E-state index in [9.17, 15) is 9.18 Å². The lowest BCUT2D eigenvalue weighted by Crippen LogP contribution is -1.94. The molecule has 0 aliphatic carbocycles. The highest BCUT2D eigenvalue weighted by molar-refractivity contribution is 5.84. The van der Waals surface area contributed by atoms with E-state index in [2.05, 4.69) is 10.2 Å². The van der Waals surface area contributed by atoms with Crippen LogP contribution in [0.25, 0.3) is 6.08 Å². The lowest BCUT2D eigenvalue weighted by Gasteiger charge is -1.99. The van der Waals surface area contributed by atoms with E-state index in [0.717, 1.165) is 6.08 Å². The van der Waals surface area contributed by atoms with Crippen LogP contribution in [0.1, 0.15) is 17.3 Å². The molecule has 0 aliphatic heterocycles. The summed E-state index contributed by atoms with van der Waals surface area (Å²) in [4.78, 5) is 10.3. The Bertz CT molecular complexity index is 607. The Labute approximate surface area is 108 Å². The summed E-state index contributed by atoms with van der Waals surface area (Å²) in [6, 6.07) is 6.47. The average Bonchev–Trinajstić information content (AvgIpc) is 2.83. The van der Waals surface area contributed by atoms with E-state index in [1.54, 1.807) is 18.2 Å². The third-order valence-electron chi connectivity index (χ3n) is 2.42. The number of carbonyl (C=O) groups is 1. The third kappa shape index (κ3) is 3.74. The van der Waals surface area contributed by atoms with Crippen LogP contribution < -0.4 is 0 Å². The monoisotopic (exact) mass is 262 g/mol. The number of carboxylic acid groups (broad SMARTS) is 1. The number of rotatable bonds is 5. The van der Waals surface area contributed by atoms with Crippen molar-refractivity contribution in [2.75, 3.05) is 0 Å². The Balaban J connectivity index is 1.97. The van der Waals surface area contributed by atoms with Crippen molar-refractivity contribution < 1.29 is 18.7 Å². The third-order valence-corrected chi connectivity index (χ3v) is 2.42. The van der Waals surface area contributed by atoms with Crippen molar-refractivity contribution in [1.82, 2.24) is 10.2 Å². The molecule has 6 heteroatoms. The molecule has 0 spiro atoms. The van der Waals surface area contributed by atoms with Gasteiger partial charge in [0.1, 0.15) is 5.82 Å². The summed E-state index contributed by atoms with van der Waals surface area (Å²) in [5.74, 6) is -0.904. The lowest BCUT2D eigenvalue weighted by atomic mass is 10.1. The lowest BCUT2D eigenvalue weighted by molar-refractivity contribution is -0.131. The summed E-state index contributed by atoms with van der Waals surface area (Å²) in [6.07, 6.45) is 2.96. The normalized spacial score (nSPS) is 11.0. The summed E-state index contributed by atoms with van der Waals surface area (Å²) >= 11 is 0. The maximum absolute atomic E-state index is 13.4. The average molecular weight is 262 g/mol. The predicted octanol–water partition coefficient (Wildman–Crippen LogP) is 2.09. The zero-order valence-electron chi connectivity index (χ0n) is 9.91. The molecule has 1 N–H and O–H groups in total. The Morgan fingerprint density at radius 3 is 2.84 bits per heavy atom. The van der Waals surface area contributed by atoms with Crippen molar-refractivity contribution in [2.45, 2.75) is 12.8 Å². The molecule has 1 aromatic carbocycles. The summed E-state index contributed by atoms with van der Waals surface area (Å²) in [7, 11) is 0. The molecule has 0 unspecified atom stereocenters. The minimum absolute atomic E-state index is 0.117. The molecule has 1 heterocycles. The van der Waals surface area contributed by atoms with Crippen LogP contribution in [-0.2, 0) is 17.6 Å². The standard InChI is InChI=1S/C13H11FN2O3/c14-10-4-2-1-3-9(10)5-6-11-15-16-12(19-11)7-8-13(17)18/h1-4,7-8H,5-6H2,(H,17,18)/b8-7+. The Kier molecular flexibility index (Phi) is 4.02. The number of nitrogens with zero attached hydrogens (tertiary/aromatic N) is 2. The SMILES string of the molecule is O=C(O)/C=C/c1nnc(CCc2ccccc2F)o1. The number of benzene rings is 1. The maximum atomic E-state index is 13.4. The summed E-state index contributed by atoms with van der Waals surface area (Å²) in [5.41, 5.74) is 0.573. The van der Waals surface area contributed by atoms with Gasteiger partial charge < -0.3 is 9.52 Å². The highest BCUT2D eigenvalue weighted by atomic mass is 19.1. The van der Waals surface area contributed by atoms with Crippen molar-refractivity contribution in [3.63, 3.8) is 0 Å². The highest BCUT2D eigenvalue weighted by Gasteiger charge is 2.06. The van der Waals surface area contributed by atoms with Crippen LogP contribution in [0.15, 0.2) is 34.8 Å². The molecule has 2 aromatic rings. The Hall–Kier alpha value is -2.50. The van der Waals surface area contributed by atoms with Crippen molar-refractivity contribution in [1.29, 1.82) is 0 Å². The molecular weight excluding hydrogens is 251 g/mol. The zero-order chi connectivity index (χ0) is 13.7. The van der Waals surface area contributed by atoms with Gasteiger partial charge in [0.2, 0.25) is 11.8 Å². The molecule has 1 aromatic heterocycles. The van der Waals surface area contributed by atoms with E-state index in [-0.39, 0.29) is 11.7 Å². The fourth-order valence-corrected chi connectivity index (χ4v) is 1.52. The van der Waals surface area contributed by atoms with Crippen molar-refractivity contribution in [3.05, 3.63) is 53.5 Å². The molecule has 2 rings (SSSR count). The fraction of sp³-hybridized carbons (Fsp3) is 0.154. The van der Waals surface area contributed by atoms with Gasteiger partial charge in [-0.1, -0.05) is 18.2 Å². The van der Waals surface area contributed by atoms with Gasteiger partial charge >= 0.3 is 5.97 Å². The van der Waals surface area contributed by atoms with Crippen molar-refractivity contribution in [3.8, 4) is 0 Å². The van der Waals surface area contributed by atoms with Gasteiger partial charge in [-0.15, -0.1) is 10.2 Å². The van der Waals surface area contributed by atoms with Gasteiger partial charge in [-0.2, -0.15) is 0 Å². The first kappa shape index (κ1) is 12.9. The van der Waals surface area contributed by atoms with E-state index < -0.39 is 5.97 Å². The molecule has 0 aliphatic rings. The highest BCUT2D eigenvalue weighted by Crippen LogP contribution is 2.11. The zero-order valence-corrected chi connectivity index (χ0v) is 9.91. The smallest absolute Gasteiger partial charge is 0.328 e. The van der Waals surface area contributed by atoms with Gasteiger partial charge in [0.15, 0.2) is 0 Å². The second-order valence-corrected chi connectivity index (χ2v) is 3.80. The van der Waals surface area contributed by atoms with Crippen molar-refractivity contribution >= 4 is 12.0 Å². The fourth-order valence-electron chi connectivity index (χ4n) is 1.52. The van der Waals surface area contributed by atoms with Gasteiger partial charge in [0, 0.05) is 18.6 Å². The molecule has 98 valence electrons. The van der Waals surface area contributed by atoms with E-state index in [0.29, 0.717) is 24.3 Å². The second kappa shape index (κ2) is 5.90. The van der Waals surface area contributed by atoms with Gasteiger partial charge in [-0.3, -0.25) is 0 Å². The number of aromatic nitrogens is 2. The summed E-state index contributed by atoms with van der Waals surface area (Å²) in [5, 5.41) is 15.9. The van der Waals surface area contributed by atoms with Crippen LogP contribution in [0.5, 0.6) is 0 Å². The van der Waals surface area contributed by atoms with Crippen LogP contribution in [0.2, 0.25) is 0 Å². The van der Waals surface area contributed by atoms with Crippen LogP contribution in [-0.4, -0.2) is 21.3 Å². The minimum Gasteiger partial charge on any atom is -0.478 e. The first-order valence-corrected chi connectivity index (χ1v) is 5.62. The van der Waals surface area contributed by atoms with Gasteiger partial charge in [-0.25, -0.2) is 9.18 Å². The van der Waals surface area contributed by atoms with Crippen molar-refractivity contribution in [2.24, 2.45) is 0 Å². The van der Waals surface area contributed by atoms with E-state index in [1.807, 2.05) is 0 Å². The molecule has 5 nitrogen and oxygen atoms in total. The largest absolute Gasteiger partial charge is 0.478 e. The van der Waals surface area contributed by atoms with Gasteiger partial charge in [0.25, 0.3) is 0 Å². The van der Waals surface area contributed by atoms with E-state index in [4.69, 9.17) is 9.52 Å². The summed E-state index contributed by atoms with van der Waals surface area (Å²) in [6.45, 7) is 0. The first-order chi connectivity index (χ1) is 9.15. The molecule has 19 heavy (non-hydrogen) atoms. The second-order valence-electron chi connectivity index (χ2n) is 3.80. The van der Waals surface area contributed by atoms with Crippen LogP contribution >= 0.6 is 0 Å². The molecule has 0 fully saturated rings. The molecule has 0 radical (unpaired) electrons. The number of aryl methyl sites for hydroxylation is 2. The maximum Gasteiger partial charge on any atom is 0.328 e. The molecule has 0 bridgehead atoms. The number of carboxylic acids is 1. The number of hydrogen-bond acceptors (Lipinski definition) is 4. The Morgan fingerprint density at radius 2 is 2.11 bits per heavy atom. The quantitative estimate of drug-likeness (QED) is 0.835. The summed E-state index contributed by atoms with van der Waals surface area (Å²) < 4.78 is 18.6. The molecule has 0 amide bonds. The molecule has 0 saturated carbocycles. The first-order valence-electron chi connectivity index (χ1n) is 5.62.